The summed E-state index contributed by atoms with van der Waals surface area (Å²) in [6, 6.07) is 2.83. The smallest absolute Gasteiger partial charge is 0.368 e. The average Bonchev–Trinajstić information content (AvgIpc) is 2.71. The summed E-state index contributed by atoms with van der Waals surface area (Å²) in [4.78, 5) is 10.5. The fourth-order valence-electron chi connectivity index (χ4n) is 4.22. The lowest BCUT2D eigenvalue weighted by Crippen LogP contribution is -2.50. The molecule has 2 aliphatic heterocycles. The number of nitrogens with zero attached hydrogens (tertiary/aromatic N) is 4. The maximum absolute atomic E-state index is 13.6. The van der Waals surface area contributed by atoms with Crippen molar-refractivity contribution in [1.29, 1.82) is 0 Å². The van der Waals surface area contributed by atoms with E-state index in [4.69, 9.17) is 0 Å². The predicted octanol–water partition coefficient (Wildman–Crippen LogP) is 3.88. The average molecular weight is 445 g/mol. The second kappa shape index (κ2) is 7.85. The van der Waals surface area contributed by atoms with Crippen LogP contribution in [-0.4, -0.2) is 42.2 Å². The second-order valence-electron chi connectivity index (χ2n) is 7.82. The van der Waals surface area contributed by atoms with Crippen molar-refractivity contribution >= 4 is 11.4 Å². The minimum atomic E-state index is -4.65. The van der Waals surface area contributed by atoms with Gasteiger partial charge in [0.1, 0.15) is 0 Å². The van der Waals surface area contributed by atoms with Crippen LogP contribution in [0.3, 0.4) is 0 Å². The van der Waals surface area contributed by atoms with Crippen molar-refractivity contribution in [1.82, 2.24) is 15.3 Å². The number of alkyl halides is 6. The summed E-state index contributed by atoms with van der Waals surface area (Å²) in [5, 5.41) is 3.31. The first kappa shape index (κ1) is 21.7. The highest BCUT2D eigenvalue weighted by molar-refractivity contribution is 5.63. The molecule has 4 rings (SSSR count). The highest BCUT2D eigenvalue weighted by Gasteiger charge is 2.38. The van der Waals surface area contributed by atoms with Gasteiger partial charge in [-0.25, -0.2) is 9.97 Å². The van der Waals surface area contributed by atoms with E-state index < -0.39 is 23.7 Å². The van der Waals surface area contributed by atoms with E-state index in [1.165, 1.54) is 6.07 Å². The number of aromatic nitrogens is 2. The molecule has 0 aliphatic carbocycles. The molecule has 1 aromatic carbocycles. The third-order valence-electron chi connectivity index (χ3n) is 5.66. The monoisotopic (exact) mass is 445 g/mol. The lowest BCUT2D eigenvalue weighted by Gasteiger charge is -2.39. The van der Waals surface area contributed by atoms with Crippen LogP contribution in [0.4, 0.5) is 37.7 Å². The molecular weight excluding hydrogens is 424 g/mol. The van der Waals surface area contributed by atoms with E-state index in [9.17, 15) is 26.3 Å². The van der Waals surface area contributed by atoms with Crippen LogP contribution in [-0.2, 0) is 25.3 Å². The van der Waals surface area contributed by atoms with Crippen molar-refractivity contribution in [2.24, 2.45) is 0 Å². The SMILES string of the molecule is C[C@@H]1CN(c2ccc(C(F)(F)F)c3c2CN(c2cnc(C(F)(F)F)nc2)CC3)CCN1. The summed E-state index contributed by atoms with van der Waals surface area (Å²) in [6.45, 7) is 4.41. The molecule has 0 bridgehead atoms. The fourth-order valence-corrected chi connectivity index (χ4v) is 4.22. The third kappa shape index (κ3) is 4.41. The molecule has 0 radical (unpaired) electrons. The minimum Gasteiger partial charge on any atom is -0.368 e. The number of benzene rings is 1. The van der Waals surface area contributed by atoms with Crippen LogP contribution in [0, 0.1) is 0 Å². The molecule has 1 saturated heterocycles. The number of halogens is 6. The molecule has 3 heterocycles. The standard InChI is InChI=1S/C20H21F6N5/c1-12-10-31(7-5-27-12)17-3-2-16(19(21,22)23)14-4-6-30(11-15(14)17)13-8-28-18(29-9-13)20(24,25)26/h2-3,8-9,12,27H,4-7,10-11H2,1H3/t12-/m1/s1. The van der Waals surface area contributed by atoms with Crippen LogP contribution >= 0.6 is 0 Å². The molecule has 1 fully saturated rings. The molecule has 0 unspecified atom stereocenters. The Kier molecular flexibility index (Phi) is 5.48. The van der Waals surface area contributed by atoms with Gasteiger partial charge in [-0.2, -0.15) is 26.3 Å². The Bertz CT molecular complexity index is 941. The third-order valence-corrected chi connectivity index (χ3v) is 5.66. The summed E-state index contributed by atoms with van der Waals surface area (Å²) in [6.07, 6.45) is -6.86. The van der Waals surface area contributed by atoms with Crippen molar-refractivity contribution < 1.29 is 26.3 Å². The Morgan fingerprint density at radius 3 is 2.26 bits per heavy atom. The Morgan fingerprint density at radius 2 is 1.65 bits per heavy atom. The van der Waals surface area contributed by atoms with Gasteiger partial charge in [0.05, 0.1) is 23.6 Å². The molecule has 5 nitrogen and oxygen atoms in total. The summed E-state index contributed by atoms with van der Waals surface area (Å²) >= 11 is 0. The maximum atomic E-state index is 13.6. The molecule has 0 saturated carbocycles. The molecule has 168 valence electrons. The molecule has 0 spiro atoms. The van der Waals surface area contributed by atoms with Gasteiger partial charge in [-0.3, -0.25) is 0 Å². The number of fused-ring (bicyclic) bond motifs is 1. The zero-order valence-corrected chi connectivity index (χ0v) is 16.7. The van der Waals surface area contributed by atoms with Crippen molar-refractivity contribution in [3.8, 4) is 0 Å². The molecule has 1 N–H and O–H groups in total. The van der Waals surface area contributed by atoms with Crippen LogP contribution in [0.2, 0.25) is 0 Å². The van der Waals surface area contributed by atoms with Gasteiger partial charge in [0.2, 0.25) is 5.82 Å². The van der Waals surface area contributed by atoms with E-state index in [-0.39, 0.29) is 31.1 Å². The van der Waals surface area contributed by atoms with Crippen LogP contribution in [0.1, 0.15) is 29.4 Å². The van der Waals surface area contributed by atoms with Gasteiger partial charge in [-0.15, -0.1) is 0 Å². The number of hydrogen-bond acceptors (Lipinski definition) is 5. The van der Waals surface area contributed by atoms with Crippen molar-refractivity contribution in [3.05, 3.63) is 47.0 Å². The molecule has 1 aromatic heterocycles. The molecular formula is C20H21F6N5. The topological polar surface area (TPSA) is 44.3 Å². The van der Waals surface area contributed by atoms with Gasteiger partial charge in [0.15, 0.2) is 0 Å². The molecule has 11 heteroatoms. The lowest BCUT2D eigenvalue weighted by molar-refractivity contribution is -0.145. The van der Waals surface area contributed by atoms with Gasteiger partial charge in [-0.1, -0.05) is 0 Å². The Morgan fingerprint density at radius 1 is 0.935 bits per heavy atom. The number of anilines is 2. The van der Waals surface area contributed by atoms with Crippen molar-refractivity contribution in [2.75, 3.05) is 36.0 Å². The molecule has 0 amide bonds. The zero-order chi connectivity index (χ0) is 22.4. The van der Waals surface area contributed by atoms with E-state index in [2.05, 4.69) is 20.2 Å². The summed E-state index contributed by atoms with van der Waals surface area (Å²) in [7, 11) is 0. The molecule has 1 atom stereocenters. The normalized spacial score (nSPS) is 20.0. The number of rotatable bonds is 2. The van der Waals surface area contributed by atoms with Crippen LogP contribution in [0.5, 0.6) is 0 Å². The second-order valence-corrected chi connectivity index (χ2v) is 7.82. The van der Waals surface area contributed by atoms with Crippen molar-refractivity contribution in [3.63, 3.8) is 0 Å². The summed E-state index contributed by atoms with van der Waals surface area (Å²) in [5.74, 6) is -1.25. The summed E-state index contributed by atoms with van der Waals surface area (Å²) in [5.41, 5.74) is 1.22. The van der Waals surface area contributed by atoms with Crippen LogP contribution < -0.4 is 15.1 Å². The van der Waals surface area contributed by atoms with Crippen molar-refractivity contribution in [2.45, 2.75) is 38.3 Å². The Hall–Kier alpha value is -2.56. The molecule has 2 aromatic rings. The van der Waals surface area contributed by atoms with E-state index in [1.54, 1.807) is 4.90 Å². The van der Waals surface area contributed by atoms with Crippen LogP contribution in [0.25, 0.3) is 0 Å². The highest BCUT2D eigenvalue weighted by atomic mass is 19.4. The largest absolute Gasteiger partial charge is 0.451 e. The maximum Gasteiger partial charge on any atom is 0.451 e. The number of hydrogen-bond donors (Lipinski definition) is 1. The minimum absolute atomic E-state index is 0.126. The van der Waals surface area contributed by atoms with Gasteiger partial charge in [0.25, 0.3) is 0 Å². The van der Waals surface area contributed by atoms with E-state index in [0.29, 0.717) is 30.9 Å². The first-order chi connectivity index (χ1) is 14.5. The highest BCUT2D eigenvalue weighted by Crippen LogP contribution is 2.40. The van der Waals surface area contributed by atoms with E-state index in [1.807, 2.05) is 6.92 Å². The van der Waals surface area contributed by atoms with Gasteiger partial charge in [0, 0.05) is 44.5 Å². The Labute approximate surface area is 175 Å². The van der Waals surface area contributed by atoms with Gasteiger partial charge >= 0.3 is 12.4 Å². The number of nitrogens with one attached hydrogen (secondary N) is 1. The van der Waals surface area contributed by atoms with Crippen LogP contribution in [0.15, 0.2) is 24.5 Å². The summed E-state index contributed by atoms with van der Waals surface area (Å²) < 4.78 is 79.1. The fraction of sp³-hybridized carbons (Fsp3) is 0.500. The van der Waals surface area contributed by atoms with Gasteiger partial charge in [-0.05, 0) is 36.6 Å². The Balaban J connectivity index is 1.70. The predicted molar refractivity (Wildman–Crippen MR) is 103 cm³/mol. The number of piperazine rings is 1. The zero-order valence-electron chi connectivity index (χ0n) is 16.7. The van der Waals surface area contributed by atoms with E-state index in [0.717, 1.165) is 24.1 Å². The van der Waals surface area contributed by atoms with Gasteiger partial charge < -0.3 is 15.1 Å². The first-order valence-electron chi connectivity index (χ1n) is 9.88. The molecule has 2 aliphatic rings. The molecule has 31 heavy (non-hydrogen) atoms. The van der Waals surface area contributed by atoms with E-state index >= 15 is 0 Å². The lowest BCUT2D eigenvalue weighted by atomic mass is 9.91. The first-order valence-corrected chi connectivity index (χ1v) is 9.88. The quantitative estimate of drug-likeness (QED) is 0.711.